The molecule has 5 nitrogen and oxygen atoms in total. The molecule has 2 aromatic rings. The summed E-state index contributed by atoms with van der Waals surface area (Å²) in [5.74, 6) is 7.40. The molecule has 1 unspecified atom stereocenters. The van der Waals surface area contributed by atoms with Crippen LogP contribution in [0.25, 0.3) is 0 Å². The smallest absolute Gasteiger partial charge is 0.125 e. The Kier molecular flexibility index (Phi) is 3.15. The van der Waals surface area contributed by atoms with E-state index in [1.807, 2.05) is 25.1 Å². The second-order valence-corrected chi connectivity index (χ2v) is 4.59. The maximum absolute atomic E-state index is 5.69. The Morgan fingerprint density at radius 1 is 1.37 bits per heavy atom. The Balaban J connectivity index is 1.98. The summed E-state index contributed by atoms with van der Waals surface area (Å²) >= 11 is 0. The molecule has 0 aliphatic carbocycles. The molecule has 3 N–H and O–H groups in total. The summed E-state index contributed by atoms with van der Waals surface area (Å²) < 4.78 is 5.51. The van der Waals surface area contributed by atoms with E-state index >= 15 is 0 Å². The minimum atomic E-state index is -0.132. The van der Waals surface area contributed by atoms with Gasteiger partial charge < -0.3 is 4.74 Å². The molecule has 0 saturated carbocycles. The molecule has 2 heterocycles. The van der Waals surface area contributed by atoms with Crippen molar-refractivity contribution >= 4 is 0 Å². The van der Waals surface area contributed by atoms with Gasteiger partial charge in [-0.15, -0.1) is 0 Å². The first-order chi connectivity index (χ1) is 9.28. The molecule has 1 aliphatic rings. The highest BCUT2D eigenvalue weighted by Gasteiger charge is 2.18. The number of fused-ring (bicyclic) bond motifs is 1. The third-order valence-corrected chi connectivity index (χ3v) is 3.31. The molecule has 0 saturated heterocycles. The highest BCUT2D eigenvalue weighted by molar-refractivity contribution is 5.42. The number of hydrogen-bond acceptors (Lipinski definition) is 5. The van der Waals surface area contributed by atoms with Crippen LogP contribution in [0.4, 0.5) is 0 Å². The quantitative estimate of drug-likeness (QED) is 0.639. The van der Waals surface area contributed by atoms with E-state index in [1.54, 1.807) is 6.20 Å². The summed E-state index contributed by atoms with van der Waals surface area (Å²) in [7, 11) is 0. The molecule has 0 fully saturated rings. The van der Waals surface area contributed by atoms with Crippen molar-refractivity contribution in [2.45, 2.75) is 19.4 Å². The zero-order valence-corrected chi connectivity index (χ0v) is 10.8. The van der Waals surface area contributed by atoms with Crippen LogP contribution in [0, 0.1) is 6.92 Å². The molecule has 5 heteroatoms. The minimum Gasteiger partial charge on any atom is -0.493 e. The van der Waals surface area contributed by atoms with Crippen molar-refractivity contribution in [2.24, 2.45) is 5.84 Å². The van der Waals surface area contributed by atoms with Crippen LogP contribution in [0.1, 0.15) is 28.7 Å². The van der Waals surface area contributed by atoms with Gasteiger partial charge in [0.1, 0.15) is 11.6 Å². The lowest BCUT2D eigenvalue weighted by atomic mass is 10.0. The largest absolute Gasteiger partial charge is 0.493 e. The van der Waals surface area contributed by atoms with Crippen LogP contribution in [0.5, 0.6) is 5.75 Å². The molecular formula is C14H16N4O. The van der Waals surface area contributed by atoms with Crippen LogP contribution in [0.2, 0.25) is 0 Å². The lowest BCUT2D eigenvalue weighted by molar-refractivity contribution is 0.357. The van der Waals surface area contributed by atoms with Crippen molar-refractivity contribution in [3.05, 3.63) is 53.1 Å². The number of nitrogens with one attached hydrogen (secondary N) is 1. The highest BCUT2D eigenvalue weighted by Crippen LogP contribution is 2.29. The van der Waals surface area contributed by atoms with Gasteiger partial charge in [0.05, 0.1) is 18.3 Å². The number of rotatable bonds is 3. The number of nitrogens with two attached hydrogens (primary N) is 1. The molecule has 1 aromatic heterocycles. The predicted molar refractivity (Wildman–Crippen MR) is 71.6 cm³/mol. The summed E-state index contributed by atoms with van der Waals surface area (Å²) in [5.41, 5.74) is 6.00. The standard InChI is InChI=1S/C14H16N4O/c1-9-16-6-4-12(17-9)14(18-15)11-2-3-13-10(8-11)5-7-19-13/h2-4,6,8,14,18H,5,7,15H2,1H3. The van der Waals surface area contributed by atoms with Crippen molar-refractivity contribution < 1.29 is 4.74 Å². The first-order valence-corrected chi connectivity index (χ1v) is 6.29. The zero-order valence-electron chi connectivity index (χ0n) is 10.8. The number of aromatic nitrogens is 2. The number of aryl methyl sites for hydroxylation is 1. The average Bonchev–Trinajstić information content (AvgIpc) is 2.87. The maximum atomic E-state index is 5.69. The van der Waals surface area contributed by atoms with Gasteiger partial charge in [-0.2, -0.15) is 0 Å². The monoisotopic (exact) mass is 256 g/mol. The van der Waals surface area contributed by atoms with Crippen molar-refractivity contribution in [1.29, 1.82) is 0 Å². The summed E-state index contributed by atoms with van der Waals surface area (Å²) in [6.07, 6.45) is 2.70. The van der Waals surface area contributed by atoms with E-state index in [9.17, 15) is 0 Å². The first-order valence-electron chi connectivity index (χ1n) is 6.29. The van der Waals surface area contributed by atoms with E-state index in [4.69, 9.17) is 10.6 Å². The van der Waals surface area contributed by atoms with Gasteiger partial charge in [0, 0.05) is 12.6 Å². The number of ether oxygens (including phenoxy) is 1. The zero-order chi connectivity index (χ0) is 13.2. The minimum absolute atomic E-state index is 0.132. The summed E-state index contributed by atoms with van der Waals surface area (Å²) in [4.78, 5) is 8.54. The van der Waals surface area contributed by atoms with Crippen LogP contribution in [0.15, 0.2) is 30.5 Å². The number of nitrogens with zero attached hydrogens (tertiary/aromatic N) is 2. The SMILES string of the molecule is Cc1nccc(C(NN)c2ccc3c(c2)CCO3)n1. The van der Waals surface area contributed by atoms with E-state index < -0.39 is 0 Å². The molecule has 3 rings (SSSR count). The van der Waals surface area contributed by atoms with E-state index in [1.165, 1.54) is 5.56 Å². The van der Waals surface area contributed by atoms with Gasteiger partial charge in [0.15, 0.2) is 0 Å². The van der Waals surface area contributed by atoms with Crippen LogP contribution in [0.3, 0.4) is 0 Å². The Hall–Kier alpha value is -1.98. The molecule has 0 amide bonds. The fraction of sp³-hybridized carbons (Fsp3) is 0.286. The lowest BCUT2D eigenvalue weighted by Crippen LogP contribution is -2.29. The van der Waals surface area contributed by atoms with Crippen molar-refractivity contribution in [3.63, 3.8) is 0 Å². The molecule has 1 atom stereocenters. The molecule has 1 aromatic carbocycles. The number of hydrazine groups is 1. The molecular weight excluding hydrogens is 240 g/mol. The fourth-order valence-electron chi connectivity index (χ4n) is 2.37. The first kappa shape index (κ1) is 12.1. The van der Waals surface area contributed by atoms with Gasteiger partial charge in [-0.05, 0) is 36.2 Å². The normalized spacial score (nSPS) is 14.8. The van der Waals surface area contributed by atoms with Crippen molar-refractivity contribution in [2.75, 3.05) is 6.61 Å². The van der Waals surface area contributed by atoms with E-state index in [-0.39, 0.29) is 6.04 Å². The van der Waals surface area contributed by atoms with Gasteiger partial charge in [-0.1, -0.05) is 6.07 Å². The maximum Gasteiger partial charge on any atom is 0.125 e. The lowest BCUT2D eigenvalue weighted by Gasteiger charge is -2.16. The molecule has 0 spiro atoms. The van der Waals surface area contributed by atoms with E-state index in [2.05, 4.69) is 21.5 Å². The van der Waals surface area contributed by atoms with Gasteiger partial charge in [0.2, 0.25) is 0 Å². The molecule has 0 bridgehead atoms. The predicted octanol–water partition coefficient (Wildman–Crippen LogP) is 1.27. The number of benzene rings is 1. The molecule has 1 aliphatic heterocycles. The van der Waals surface area contributed by atoms with Crippen molar-refractivity contribution in [1.82, 2.24) is 15.4 Å². The van der Waals surface area contributed by atoms with Gasteiger partial charge >= 0.3 is 0 Å². The van der Waals surface area contributed by atoms with Gasteiger partial charge in [0.25, 0.3) is 0 Å². The van der Waals surface area contributed by atoms with E-state index in [0.717, 1.165) is 35.9 Å². The molecule has 98 valence electrons. The van der Waals surface area contributed by atoms with Crippen LogP contribution >= 0.6 is 0 Å². The Bertz CT molecular complexity index is 600. The Morgan fingerprint density at radius 3 is 3.05 bits per heavy atom. The van der Waals surface area contributed by atoms with Crippen LogP contribution < -0.4 is 16.0 Å². The summed E-state index contributed by atoms with van der Waals surface area (Å²) in [5, 5.41) is 0. The Morgan fingerprint density at radius 2 is 2.26 bits per heavy atom. The van der Waals surface area contributed by atoms with Crippen LogP contribution in [-0.4, -0.2) is 16.6 Å². The second kappa shape index (κ2) is 4.95. The highest BCUT2D eigenvalue weighted by atomic mass is 16.5. The summed E-state index contributed by atoms with van der Waals surface area (Å²) in [6, 6.07) is 7.89. The summed E-state index contributed by atoms with van der Waals surface area (Å²) in [6.45, 7) is 2.62. The van der Waals surface area contributed by atoms with Gasteiger partial charge in [-0.25, -0.2) is 15.4 Å². The topological polar surface area (TPSA) is 73.1 Å². The van der Waals surface area contributed by atoms with Crippen LogP contribution in [-0.2, 0) is 6.42 Å². The average molecular weight is 256 g/mol. The molecule has 0 radical (unpaired) electrons. The fourth-order valence-corrected chi connectivity index (χ4v) is 2.37. The second-order valence-electron chi connectivity index (χ2n) is 4.59. The van der Waals surface area contributed by atoms with E-state index in [0.29, 0.717) is 0 Å². The molecule has 19 heavy (non-hydrogen) atoms. The third kappa shape index (κ3) is 2.30. The van der Waals surface area contributed by atoms with Crippen molar-refractivity contribution in [3.8, 4) is 5.75 Å². The number of hydrogen-bond donors (Lipinski definition) is 2. The van der Waals surface area contributed by atoms with Gasteiger partial charge in [-0.3, -0.25) is 5.84 Å². The third-order valence-electron chi connectivity index (χ3n) is 3.31. The Labute approximate surface area is 111 Å².